The molecule has 1 unspecified atom stereocenters. The van der Waals surface area contributed by atoms with E-state index in [9.17, 15) is 4.79 Å². The van der Waals surface area contributed by atoms with Crippen LogP contribution in [0.15, 0.2) is 24.3 Å². The van der Waals surface area contributed by atoms with Gasteiger partial charge in [-0.3, -0.25) is 9.69 Å². The van der Waals surface area contributed by atoms with Crippen molar-refractivity contribution in [3.8, 4) is 6.07 Å². The fourth-order valence-electron chi connectivity index (χ4n) is 2.75. The highest BCUT2D eigenvalue weighted by atomic mass is 16.1. The Labute approximate surface area is 114 Å². The van der Waals surface area contributed by atoms with Crippen LogP contribution in [0.3, 0.4) is 0 Å². The van der Waals surface area contributed by atoms with E-state index in [1.54, 1.807) is 6.92 Å². The minimum atomic E-state index is 0.275. The summed E-state index contributed by atoms with van der Waals surface area (Å²) in [6, 6.07) is 10.3. The molecule has 0 saturated carbocycles. The molecule has 2 rings (SSSR count). The number of carbonyl (C=O) groups is 1. The van der Waals surface area contributed by atoms with Gasteiger partial charge in [0.25, 0.3) is 0 Å². The Bertz CT molecular complexity index is 473. The second kappa shape index (κ2) is 6.49. The summed E-state index contributed by atoms with van der Waals surface area (Å²) in [6.07, 6.45) is 4.22. The van der Waals surface area contributed by atoms with Gasteiger partial charge in [0, 0.05) is 19.0 Å². The maximum Gasteiger partial charge on any atom is 0.131 e. The molecule has 100 valence electrons. The topological polar surface area (TPSA) is 44.1 Å². The lowest BCUT2D eigenvalue weighted by molar-refractivity contribution is -0.118. The zero-order valence-corrected chi connectivity index (χ0v) is 11.4. The average Bonchev–Trinajstić information content (AvgIpc) is 2.41. The van der Waals surface area contributed by atoms with E-state index in [1.165, 1.54) is 18.4 Å². The SMILES string of the molecule is CC(=O)CC1CCCCN1Cc1ccc(C#N)cc1. The van der Waals surface area contributed by atoms with Crippen LogP contribution in [0.4, 0.5) is 0 Å². The normalized spacial score (nSPS) is 19.9. The van der Waals surface area contributed by atoms with Crippen molar-refractivity contribution in [1.29, 1.82) is 5.26 Å². The minimum Gasteiger partial charge on any atom is -0.300 e. The molecule has 3 nitrogen and oxygen atoms in total. The van der Waals surface area contributed by atoms with Crippen LogP contribution < -0.4 is 0 Å². The number of hydrogen-bond acceptors (Lipinski definition) is 3. The van der Waals surface area contributed by atoms with Crippen LogP contribution in [-0.4, -0.2) is 23.3 Å². The van der Waals surface area contributed by atoms with Crippen molar-refractivity contribution in [2.75, 3.05) is 6.54 Å². The third kappa shape index (κ3) is 3.90. The van der Waals surface area contributed by atoms with Gasteiger partial charge in [-0.1, -0.05) is 18.6 Å². The molecule has 0 bridgehead atoms. The van der Waals surface area contributed by atoms with Gasteiger partial charge in [0.15, 0.2) is 0 Å². The fourth-order valence-corrected chi connectivity index (χ4v) is 2.75. The van der Waals surface area contributed by atoms with Gasteiger partial charge in [0.2, 0.25) is 0 Å². The van der Waals surface area contributed by atoms with Gasteiger partial charge < -0.3 is 0 Å². The fraction of sp³-hybridized carbons (Fsp3) is 0.500. The number of nitriles is 1. The predicted molar refractivity (Wildman–Crippen MR) is 74.5 cm³/mol. The first-order valence-corrected chi connectivity index (χ1v) is 6.91. The molecule has 1 aliphatic heterocycles. The highest BCUT2D eigenvalue weighted by molar-refractivity contribution is 5.76. The van der Waals surface area contributed by atoms with Crippen LogP contribution in [0, 0.1) is 11.3 Å². The number of benzene rings is 1. The zero-order chi connectivity index (χ0) is 13.7. The van der Waals surface area contributed by atoms with Gasteiger partial charge in [-0.25, -0.2) is 0 Å². The molecule has 1 aromatic carbocycles. The van der Waals surface area contributed by atoms with E-state index in [2.05, 4.69) is 11.0 Å². The molecule has 1 heterocycles. The van der Waals surface area contributed by atoms with Gasteiger partial charge in [0.1, 0.15) is 5.78 Å². The summed E-state index contributed by atoms with van der Waals surface area (Å²) in [5.41, 5.74) is 1.91. The molecule has 0 radical (unpaired) electrons. The summed E-state index contributed by atoms with van der Waals surface area (Å²) in [5.74, 6) is 0.275. The van der Waals surface area contributed by atoms with Gasteiger partial charge >= 0.3 is 0 Å². The molecule has 0 N–H and O–H groups in total. The number of ketones is 1. The molecule has 1 aromatic rings. The Hall–Kier alpha value is -1.66. The molecule has 1 saturated heterocycles. The van der Waals surface area contributed by atoms with Crippen molar-refractivity contribution in [1.82, 2.24) is 4.90 Å². The molecule has 0 amide bonds. The Balaban J connectivity index is 2.02. The van der Waals surface area contributed by atoms with Crippen molar-refractivity contribution in [3.05, 3.63) is 35.4 Å². The Kier molecular flexibility index (Phi) is 4.70. The standard InChI is InChI=1S/C16H20N2O/c1-13(19)10-16-4-2-3-9-18(16)12-15-7-5-14(11-17)6-8-15/h5-8,16H,2-4,9-10,12H2,1H3. The van der Waals surface area contributed by atoms with Crippen LogP contribution in [0.25, 0.3) is 0 Å². The van der Waals surface area contributed by atoms with Crippen LogP contribution in [0.2, 0.25) is 0 Å². The third-order valence-electron chi connectivity index (χ3n) is 3.74. The first-order valence-electron chi connectivity index (χ1n) is 6.91. The number of rotatable bonds is 4. The maximum atomic E-state index is 11.3. The number of nitrogens with zero attached hydrogens (tertiary/aromatic N) is 2. The van der Waals surface area contributed by atoms with E-state index in [0.717, 1.165) is 19.5 Å². The number of Topliss-reactive ketones (excluding diaryl/α,β-unsaturated/α-hetero) is 1. The molecular formula is C16H20N2O. The summed E-state index contributed by atoms with van der Waals surface area (Å²) >= 11 is 0. The molecular weight excluding hydrogens is 236 g/mol. The maximum absolute atomic E-state index is 11.3. The van der Waals surface area contributed by atoms with Crippen LogP contribution in [0.1, 0.15) is 43.7 Å². The monoisotopic (exact) mass is 256 g/mol. The van der Waals surface area contributed by atoms with Crippen molar-refractivity contribution in [2.24, 2.45) is 0 Å². The number of carbonyl (C=O) groups excluding carboxylic acids is 1. The average molecular weight is 256 g/mol. The summed E-state index contributed by atoms with van der Waals surface area (Å²) in [4.78, 5) is 13.7. The minimum absolute atomic E-state index is 0.275. The lowest BCUT2D eigenvalue weighted by Gasteiger charge is -2.35. The van der Waals surface area contributed by atoms with E-state index < -0.39 is 0 Å². The molecule has 19 heavy (non-hydrogen) atoms. The lowest BCUT2D eigenvalue weighted by atomic mass is 9.97. The summed E-state index contributed by atoms with van der Waals surface area (Å²) < 4.78 is 0. The highest BCUT2D eigenvalue weighted by Gasteiger charge is 2.23. The molecule has 1 atom stereocenters. The number of piperidine rings is 1. The molecule has 0 spiro atoms. The Morgan fingerprint density at radius 2 is 2.11 bits per heavy atom. The quantitative estimate of drug-likeness (QED) is 0.832. The van der Waals surface area contributed by atoms with E-state index >= 15 is 0 Å². The predicted octanol–water partition coefficient (Wildman–Crippen LogP) is 2.89. The Morgan fingerprint density at radius 1 is 1.37 bits per heavy atom. The van der Waals surface area contributed by atoms with Crippen molar-refractivity contribution < 1.29 is 4.79 Å². The first-order chi connectivity index (χ1) is 9.19. The second-order valence-corrected chi connectivity index (χ2v) is 5.33. The van der Waals surface area contributed by atoms with E-state index in [-0.39, 0.29) is 5.78 Å². The van der Waals surface area contributed by atoms with Gasteiger partial charge in [0.05, 0.1) is 11.6 Å². The molecule has 1 fully saturated rings. The molecule has 0 aliphatic carbocycles. The van der Waals surface area contributed by atoms with Gasteiger partial charge in [-0.15, -0.1) is 0 Å². The van der Waals surface area contributed by atoms with Crippen LogP contribution in [0.5, 0.6) is 0 Å². The van der Waals surface area contributed by atoms with E-state index in [1.807, 2.05) is 24.3 Å². The van der Waals surface area contributed by atoms with Crippen LogP contribution >= 0.6 is 0 Å². The van der Waals surface area contributed by atoms with Crippen LogP contribution in [-0.2, 0) is 11.3 Å². The van der Waals surface area contributed by atoms with E-state index in [0.29, 0.717) is 18.0 Å². The molecule has 0 aromatic heterocycles. The smallest absolute Gasteiger partial charge is 0.131 e. The second-order valence-electron chi connectivity index (χ2n) is 5.33. The van der Waals surface area contributed by atoms with Gasteiger partial charge in [-0.2, -0.15) is 5.26 Å². The summed E-state index contributed by atoms with van der Waals surface area (Å²) in [6.45, 7) is 3.62. The summed E-state index contributed by atoms with van der Waals surface area (Å²) in [7, 11) is 0. The third-order valence-corrected chi connectivity index (χ3v) is 3.74. The van der Waals surface area contributed by atoms with E-state index in [4.69, 9.17) is 5.26 Å². The summed E-state index contributed by atoms with van der Waals surface area (Å²) in [5, 5.41) is 8.79. The van der Waals surface area contributed by atoms with Crippen molar-refractivity contribution >= 4 is 5.78 Å². The number of hydrogen-bond donors (Lipinski definition) is 0. The molecule has 1 aliphatic rings. The highest BCUT2D eigenvalue weighted by Crippen LogP contribution is 2.22. The largest absolute Gasteiger partial charge is 0.300 e. The first kappa shape index (κ1) is 13.8. The van der Waals surface area contributed by atoms with Gasteiger partial charge in [-0.05, 0) is 44.0 Å². The van der Waals surface area contributed by atoms with Crippen molar-refractivity contribution in [2.45, 2.75) is 45.2 Å². The zero-order valence-electron chi connectivity index (χ0n) is 11.4. The van der Waals surface area contributed by atoms with Crippen molar-refractivity contribution in [3.63, 3.8) is 0 Å². The Morgan fingerprint density at radius 3 is 2.74 bits per heavy atom. The molecule has 3 heteroatoms. The lowest BCUT2D eigenvalue weighted by Crippen LogP contribution is -2.39. The number of likely N-dealkylation sites (tertiary alicyclic amines) is 1.